The van der Waals surface area contributed by atoms with Gasteiger partial charge in [0.05, 0.1) is 6.26 Å². The minimum Gasteiger partial charge on any atom is -0.464 e. The summed E-state index contributed by atoms with van der Waals surface area (Å²) in [6, 6.07) is 8.70. The first-order valence-corrected chi connectivity index (χ1v) is 6.07. The van der Waals surface area contributed by atoms with Gasteiger partial charge < -0.3 is 14.8 Å². The van der Waals surface area contributed by atoms with Crippen molar-refractivity contribution in [1.82, 2.24) is 5.32 Å². The van der Waals surface area contributed by atoms with Crippen LogP contribution < -0.4 is 5.32 Å². The average molecular weight is 233 g/mol. The largest absolute Gasteiger partial charge is 0.464 e. The highest BCUT2D eigenvalue weighted by atomic mass is 16.3. The predicted octanol–water partition coefficient (Wildman–Crippen LogP) is 2.34. The summed E-state index contributed by atoms with van der Waals surface area (Å²) in [6.07, 6.45) is 4.54. The van der Waals surface area contributed by atoms with Crippen LogP contribution in [0.25, 0.3) is 11.0 Å². The smallest absolute Gasteiger partial charge is 0.133 e. The predicted molar refractivity (Wildman–Crippen MR) is 69.1 cm³/mol. The van der Waals surface area contributed by atoms with Crippen LogP contribution in [-0.2, 0) is 6.42 Å². The summed E-state index contributed by atoms with van der Waals surface area (Å²) in [5, 5.41) is 13.3. The van der Waals surface area contributed by atoms with E-state index in [4.69, 9.17) is 9.52 Å². The van der Waals surface area contributed by atoms with Crippen LogP contribution >= 0.6 is 0 Å². The summed E-state index contributed by atoms with van der Waals surface area (Å²) in [4.78, 5) is 0. The Morgan fingerprint density at radius 2 is 2.24 bits per heavy atom. The van der Waals surface area contributed by atoms with Crippen LogP contribution in [0.1, 0.15) is 18.4 Å². The van der Waals surface area contributed by atoms with Crippen LogP contribution in [0.5, 0.6) is 0 Å². The van der Waals surface area contributed by atoms with Crippen molar-refractivity contribution in [3.8, 4) is 0 Å². The van der Waals surface area contributed by atoms with Gasteiger partial charge in [-0.1, -0.05) is 6.07 Å². The zero-order valence-corrected chi connectivity index (χ0v) is 10.1. The van der Waals surface area contributed by atoms with Crippen LogP contribution in [0.3, 0.4) is 0 Å². The third-order valence-electron chi connectivity index (χ3n) is 3.12. The molecule has 1 aromatic heterocycles. The van der Waals surface area contributed by atoms with E-state index in [-0.39, 0.29) is 6.61 Å². The quantitative estimate of drug-likeness (QED) is 0.805. The number of aliphatic hydroxyl groups excluding tert-OH is 1. The normalized spacial score (nSPS) is 13.1. The van der Waals surface area contributed by atoms with Crippen molar-refractivity contribution in [2.24, 2.45) is 0 Å². The Hall–Kier alpha value is -1.32. The Morgan fingerprint density at radius 1 is 1.35 bits per heavy atom. The van der Waals surface area contributed by atoms with Crippen LogP contribution in [0.2, 0.25) is 0 Å². The van der Waals surface area contributed by atoms with Crippen molar-refractivity contribution in [2.45, 2.75) is 25.3 Å². The summed E-state index contributed by atoms with van der Waals surface area (Å²) in [7, 11) is 1.97. The molecule has 0 amide bonds. The fraction of sp³-hybridized carbons (Fsp3) is 0.429. The summed E-state index contributed by atoms with van der Waals surface area (Å²) >= 11 is 0. The van der Waals surface area contributed by atoms with Gasteiger partial charge in [-0.3, -0.25) is 0 Å². The molecule has 0 bridgehead atoms. The molecule has 0 saturated carbocycles. The Balaban J connectivity index is 2.05. The highest BCUT2D eigenvalue weighted by Gasteiger charge is 2.07. The van der Waals surface area contributed by atoms with Gasteiger partial charge in [-0.05, 0) is 50.1 Å². The Labute approximate surface area is 101 Å². The maximum atomic E-state index is 8.85. The van der Waals surface area contributed by atoms with Gasteiger partial charge in [0, 0.05) is 18.0 Å². The van der Waals surface area contributed by atoms with E-state index in [0.29, 0.717) is 6.04 Å². The van der Waals surface area contributed by atoms with Crippen molar-refractivity contribution in [1.29, 1.82) is 0 Å². The van der Waals surface area contributed by atoms with Crippen LogP contribution in [0.15, 0.2) is 34.9 Å². The van der Waals surface area contributed by atoms with Crippen molar-refractivity contribution in [3.63, 3.8) is 0 Å². The molecule has 2 aromatic rings. The van der Waals surface area contributed by atoms with Crippen LogP contribution in [0.4, 0.5) is 0 Å². The second-order valence-corrected chi connectivity index (χ2v) is 4.35. The zero-order valence-electron chi connectivity index (χ0n) is 10.1. The molecule has 0 fully saturated rings. The molecule has 92 valence electrons. The standard InChI is InChI=1S/C14H19NO2/c1-15-13(3-2-7-16)10-11-4-5-14-12(9-11)6-8-17-14/h4-6,8-9,13,15-16H,2-3,7,10H2,1H3. The van der Waals surface area contributed by atoms with E-state index in [9.17, 15) is 0 Å². The van der Waals surface area contributed by atoms with Crippen LogP contribution in [0, 0.1) is 0 Å². The van der Waals surface area contributed by atoms with Gasteiger partial charge in [-0.15, -0.1) is 0 Å². The molecule has 0 radical (unpaired) electrons. The summed E-state index contributed by atoms with van der Waals surface area (Å²) in [6.45, 7) is 0.263. The number of rotatable bonds is 6. The highest BCUT2D eigenvalue weighted by molar-refractivity contribution is 5.77. The molecule has 0 aliphatic heterocycles. The Kier molecular flexibility index (Phi) is 4.18. The van der Waals surface area contributed by atoms with Gasteiger partial charge in [0.25, 0.3) is 0 Å². The molecule has 0 aliphatic carbocycles. The monoisotopic (exact) mass is 233 g/mol. The molecule has 1 unspecified atom stereocenters. The first-order valence-electron chi connectivity index (χ1n) is 6.07. The molecule has 1 heterocycles. The fourth-order valence-electron chi connectivity index (χ4n) is 2.11. The third-order valence-corrected chi connectivity index (χ3v) is 3.12. The summed E-state index contributed by atoms with van der Waals surface area (Å²) in [5.41, 5.74) is 2.24. The number of hydrogen-bond donors (Lipinski definition) is 2. The molecular weight excluding hydrogens is 214 g/mol. The Morgan fingerprint density at radius 3 is 3.00 bits per heavy atom. The van der Waals surface area contributed by atoms with Gasteiger partial charge in [0.15, 0.2) is 0 Å². The molecule has 0 spiro atoms. The van der Waals surface area contributed by atoms with Crippen molar-refractivity contribution < 1.29 is 9.52 Å². The van der Waals surface area contributed by atoms with E-state index in [1.54, 1.807) is 6.26 Å². The minimum atomic E-state index is 0.263. The second-order valence-electron chi connectivity index (χ2n) is 4.35. The first kappa shape index (κ1) is 12.1. The lowest BCUT2D eigenvalue weighted by Crippen LogP contribution is -2.27. The maximum absolute atomic E-state index is 8.85. The lowest BCUT2D eigenvalue weighted by Gasteiger charge is -2.15. The summed E-state index contributed by atoms with van der Waals surface area (Å²) in [5.74, 6) is 0. The van der Waals surface area contributed by atoms with Gasteiger partial charge in [-0.25, -0.2) is 0 Å². The van der Waals surface area contributed by atoms with Crippen molar-refractivity contribution >= 4 is 11.0 Å². The molecule has 0 saturated heterocycles. The van der Waals surface area contributed by atoms with Crippen molar-refractivity contribution in [2.75, 3.05) is 13.7 Å². The third kappa shape index (κ3) is 3.08. The molecule has 3 heteroatoms. The number of fused-ring (bicyclic) bond motifs is 1. The van der Waals surface area contributed by atoms with E-state index in [1.165, 1.54) is 5.56 Å². The maximum Gasteiger partial charge on any atom is 0.133 e. The number of aliphatic hydroxyl groups is 1. The summed E-state index contributed by atoms with van der Waals surface area (Å²) < 4.78 is 5.32. The van der Waals surface area contributed by atoms with Crippen molar-refractivity contribution in [3.05, 3.63) is 36.1 Å². The SMILES string of the molecule is CNC(CCCO)Cc1ccc2occc2c1. The van der Waals surface area contributed by atoms with Crippen LogP contribution in [-0.4, -0.2) is 24.8 Å². The van der Waals surface area contributed by atoms with E-state index in [2.05, 4.69) is 17.4 Å². The molecule has 17 heavy (non-hydrogen) atoms. The molecule has 0 aliphatic rings. The Bertz CT molecular complexity index is 464. The number of hydrogen-bond acceptors (Lipinski definition) is 3. The van der Waals surface area contributed by atoms with E-state index < -0.39 is 0 Å². The number of likely N-dealkylation sites (N-methyl/N-ethyl adjacent to an activating group) is 1. The van der Waals surface area contributed by atoms with Gasteiger partial charge in [0.2, 0.25) is 0 Å². The van der Waals surface area contributed by atoms with E-state index in [1.807, 2.05) is 19.2 Å². The lowest BCUT2D eigenvalue weighted by molar-refractivity contribution is 0.276. The lowest BCUT2D eigenvalue weighted by atomic mass is 10.0. The number of benzene rings is 1. The molecule has 2 rings (SSSR count). The molecule has 1 aromatic carbocycles. The topological polar surface area (TPSA) is 45.4 Å². The minimum absolute atomic E-state index is 0.263. The zero-order chi connectivity index (χ0) is 12.1. The molecule has 3 nitrogen and oxygen atoms in total. The molecular formula is C14H19NO2. The highest BCUT2D eigenvalue weighted by Crippen LogP contribution is 2.18. The fourth-order valence-corrected chi connectivity index (χ4v) is 2.11. The van der Waals surface area contributed by atoms with E-state index in [0.717, 1.165) is 30.2 Å². The first-order chi connectivity index (χ1) is 8.33. The van der Waals surface area contributed by atoms with E-state index >= 15 is 0 Å². The van der Waals surface area contributed by atoms with Gasteiger partial charge in [0.1, 0.15) is 5.58 Å². The average Bonchev–Trinajstić information content (AvgIpc) is 2.81. The van der Waals surface area contributed by atoms with Gasteiger partial charge >= 0.3 is 0 Å². The second kappa shape index (κ2) is 5.84. The molecule has 2 N–H and O–H groups in total. The number of nitrogens with one attached hydrogen (secondary N) is 1. The van der Waals surface area contributed by atoms with Gasteiger partial charge in [-0.2, -0.15) is 0 Å². The molecule has 1 atom stereocenters. The number of furan rings is 1.